The van der Waals surface area contributed by atoms with Gasteiger partial charge < -0.3 is 4.74 Å². The van der Waals surface area contributed by atoms with E-state index in [1.807, 2.05) is 4.68 Å². The molecule has 3 rings (SSSR count). The predicted octanol–water partition coefficient (Wildman–Crippen LogP) is 2.68. The fourth-order valence-electron chi connectivity index (χ4n) is 2.13. The van der Waals surface area contributed by atoms with E-state index in [0.717, 1.165) is 31.6 Å². The van der Waals surface area contributed by atoms with Gasteiger partial charge in [0, 0.05) is 19.3 Å². The third kappa shape index (κ3) is 1.95. The molecule has 1 aromatic carbocycles. The largest absolute Gasteiger partial charge is 0.381 e. The first kappa shape index (κ1) is 11.1. The van der Waals surface area contributed by atoms with Crippen molar-refractivity contribution in [3.8, 4) is 0 Å². The van der Waals surface area contributed by atoms with Crippen molar-refractivity contribution in [1.29, 1.82) is 0 Å². The van der Waals surface area contributed by atoms with Crippen LogP contribution in [0, 0.1) is 5.82 Å². The van der Waals surface area contributed by atoms with Crippen LogP contribution in [0.2, 0.25) is 0 Å². The smallest absolute Gasteiger partial charge is 0.139 e. The molecule has 1 aliphatic heterocycles. The van der Waals surface area contributed by atoms with Gasteiger partial charge in [0.2, 0.25) is 0 Å². The molecule has 2 heterocycles. The molecule has 1 saturated heterocycles. The topological polar surface area (TPSA) is 39.9 Å². The molecule has 90 valence electrons. The Balaban J connectivity index is 2.07. The second-order valence-electron chi connectivity index (χ2n) is 4.13. The summed E-state index contributed by atoms with van der Waals surface area (Å²) >= 11 is 3.19. The van der Waals surface area contributed by atoms with Crippen molar-refractivity contribution in [3.05, 3.63) is 22.4 Å². The minimum atomic E-state index is -0.309. The molecule has 1 fully saturated rings. The van der Waals surface area contributed by atoms with Crippen LogP contribution < -0.4 is 0 Å². The Morgan fingerprint density at radius 1 is 1.35 bits per heavy atom. The summed E-state index contributed by atoms with van der Waals surface area (Å²) in [6, 6.07) is 3.44. The molecule has 0 saturated carbocycles. The quantitative estimate of drug-likeness (QED) is 0.813. The Bertz CT molecular complexity index is 551. The van der Waals surface area contributed by atoms with E-state index in [0.29, 0.717) is 16.0 Å². The maximum absolute atomic E-state index is 13.4. The van der Waals surface area contributed by atoms with Gasteiger partial charge in [0.15, 0.2) is 0 Å². The lowest BCUT2D eigenvalue weighted by atomic mass is 10.1. The molecule has 2 aromatic rings. The molecule has 0 N–H and O–H groups in total. The van der Waals surface area contributed by atoms with Gasteiger partial charge in [-0.15, -0.1) is 5.10 Å². The second-order valence-corrected chi connectivity index (χ2v) is 4.99. The van der Waals surface area contributed by atoms with Gasteiger partial charge in [0.1, 0.15) is 11.3 Å². The highest BCUT2D eigenvalue weighted by molar-refractivity contribution is 9.10. The van der Waals surface area contributed by atoms with Gasteiger partial charge in [-0.3, -0.25) is 0 Å². The summed E-state index contributed by atoms with van der Waals surface area (Å²) in [4.78, 5) is 0. The molecular formula is C11H11BrFN3O. The minimum absolute atomic E-state index is 0.297. The van der Waals surface area contributed by atoms with E-state index in [4.69, 9.17) is 4.74 Å². The van der Waals surface area contributed by atoms with Gasteiger partial charge in [-0.2, -0.15) is 0 Å². The number of ether oxygens (including phenoxy) is 1. The van der Waals surface area contributed by atoms with Gasteiger partial charge in [-0.25, -0.2) is 9.07 Å². The molecule has 17 heavy (non-hydrogen) atoms. The summed E-state index contributed by atoms with van der Waals surface area (Å²) in [5.41, 5.74) is 1.46. The first-order valence-corrected chi connectivity index (χ1v) is 6.32. The highest BCUT2D eigenvalue weighted by Crippen LogP contribution is 2.27. The van der Waals surface area contributed by atoms with Crippen molar-refractivity contribution in [1.82, 2.24) is 15.0 Å². The standard InChI is InChI=1S/C11H11BrFN3O/c12-8-5-11-10(6-9(8)13)14-15-16(11)7-1-3-17-4-2-7/h5-7H,1-4H2. The van der Waals surface area contributed by atoms with Gasteiger partial charge in [-0.05, 0) is 34.8 Å². The van der Waals surface area contributed by atoms with Crippen molar-refractivity contribution in [3.63, 3.8) is 0 Å². The van der Waals surface area contributed by atoms with E-state index in [1.54, 1.807) is 6.07 Å². The fraction of sp³-hybridized carbons (Fsp3) is 0.455. The van der Waals surface area contributed by atoms with Gasteiger partial charge >= 0.3 is 0 Å². The third-order valence-corrected chi connectivity index (χ3v) is 3.66. The van der Waals surface area contributed by atoms with Crippen LogP contribution in [0.5, 0.6) is 0 Å². The molecule has 1 aromatic heterocycles. The number of rotatable bonds is 1. The minimum Gasteiger partial charge on any atom is -0.381 e. The van der Waals surface area contributed by atoms with Crippen LogP contribution in [-0.4, -0.2) is 28.2 Å². The highest BCUT2D eigenvalue weighted by atomic mass is 79.9. The second kappa shape index (κ2) is 4.34. The Morgan fingerprint density at radius 3 is 2.88 bits per heavy atom. The first-order valence-electron chi connectivity index (χ1n) is 5.53. The van der Waals surface area contributed by atoms with Gasteiger partial charge in [-0.1, -0.05) is 5.21 Å². The van der Waals surface area contributed by atoms with E-state index in [-0.39, 0.29) is 5.82 Å². The summed E-state index contributed by atoms with van der Waals surface area (Å²) in [6.45, 7) is 1.49. The van der Waals surface area contributed by atoms with Gasteiger partial charge in [0.05, 0.1) is 16.0 Å². The Morgan fingerprint density at radius 2 is 2.12 bits per heavy atom. The highest BCUT2D eigenvalue weighted by Gasteiger charge is 2.19. The van der Waals surface area contributed by atoms with E-state index in [1.165, 1.54) is 6.07 Å². The van der Waals surface area contributed by atoms with Crippen molar-refractivity contribution in [2.75, 3.05) is 13.2 Å². The lowest BCUT2D eigenvalue weighted by molar-refractivity contribution is 0.0669. The number of nitrogens with zero attached hydrogens (tertiary/aromatic N) is 3. The summed E-state index contributed by atoms with van der Waals surface area (Å²) in [5, 5.41) is 8.13. The molecule has 1 aliphatic rings. The fourth-order valence-corrected chi connectivity index (χ4v) is 2.46. The predicted molar refractivity (Wildman–Crippen MR) is 64.3 cm³/mol. The lowest BCUT2D eigenvalue weighted by Gasteiger charge is -2.22. The van der Waals surface area contributed by atoms with Gasteiger partial charge in [0.25, 0.3) is 0 Å². The Hall–Kier alpha value is -1.01. The molecule has 0 bridgehead atoms. The average Bonchev–Trinajstić information content (AvgIpc) is 2.74. The number of fused-ring (bicyclic) bond motifs is 1. The zero-order chi connectivity index (χ0) is 11.8. The Kier molecular flexibility index (Phi) is 2.84. The lowest BCUT2D eigenvalue weighted by Crippen LogP contribution is -2.20. The molecule has 0 spiro atoms. The van der Waals surface area contributed by atoms with Crippen LogP contribution >= 0.6 is 15.9 Å². The molecule has 0 amide bonds. The number of hydrogen-bond donors (Lipinski definition) is 0. The summed E-state index contributed by atoms with van der Waals surface area (Å²) < 4.78 is 21.0. The molecule has 0 radical (unpaired) electrons. The normalized spacial score (nSPS) is 17.8. The van der Waals surface area contributed by atoms with Crippen molar-refractivity contribution >= 4 is 27.0 Å². The van der Waals surface area contributed by atoms with Crippen molar-refractivity contribution in [2.45, 2.75) is 18.9 Å². The van der Waals surface area contributed by atoms with E-state index >= 15 is 0 Å². The molecule has 0 aliphatic carbocycles. The zero-order valence-corrected chi connectivity index (χ0v) is 10.7. The first-order chi connectivity index (χ1) is 8.25. The van der Waals surface area contributed by atoms with Crippen LogP contribution in [0.25, 0.3) is 11.0 Å². The number of halogens is 2. The SMILES string of the molecule is Fc1cc2nnn(C3CCOCC3)c2cc1Br. The van der Waals surface area contributed by atoms with E-state index in [9.17, 15) is 4.39 Å². The maximum atomic E-state index is 13.4. The summed E-state index contributed by atoms with van der Waals surface area (Å²) in [5.74, 6) is -0.309. The maximum Gasteiger partial charge on any atom is 0.139 e. The van der Waals surface area contributed by atoms with Crippen molar-refractivity contribution in [2.24, 2.45) is 0 Å². The molecule has 0 unspecified atom stereocenters. The van der Waals surface area contributed by atoms with Crippen LogP contribution in [0.15, 0.2) is 16.6 Å². The number of benzene rings is 1. The van der Waals surface area contributed by atoms with Crippen LogP contribution in [0.1, 0.15) is 18.9 Å². The molecular weight excluding hydrogens is 289 g/mol. The zero-order valence-electron chi connectivity index (χ0n) is 9.07. The number of hydrogen-bond acceptors (Lipinski definition) is 3. The summed E-state index contributed by atoms with van der Waals surface area (Å²) in [7, 11) is 0. The molecule has 4 nitrogen and oxygen atoms in total. The van der Waals surface area contributed by atoms with E-state index in [2.05, 4.69) is 26.2 Å². The van der Waals surface area contributed by atoms with Crippen molar-refractivity contribution < 1.29 is 9.13 Å². The molecule has 6 heteroatoms. The van der Waals surface area contributed by atoms with E-state index < -0.39 is 0 Å². The monoisotopic (exact) mass is 299 g/mol. The molecule has 0 atom stereocenters. The average molecular weight is 300 g/mol. The van der Waals surface area contributed by atoms with Crippen LogP contribution in [-0.2, 0) is 4.74 Å². The number of aromatic nitrogens is 3. The van der Waals surface area contributed by atoms with Crippen LogP contribution in [0.3, 0.4) is 0 Å². The Labute approximate surface area is 106 Å². The van der Waals surface area contributed by atoms with Crippen LogP contribution in [0.4, 0.5) is 4.39 Å². The summed E-state index contributed by atoms with van der Waals surface area (Å²) in [6.07, 6.45) is 1.85. The third-order valence-electron chi connectivity index (χ3n) is 3.05.